The second-order valence-electron chi connectivity index (χ2n) is 13.1. The summed E-state index contributed by atoms with van der Waals surface area (Å²) in [5.41, 5.74) is 0.762. The average Bonchev–Trinajstić information content (AvgIpc) is 3.12. The van der Waals surface area contributed by atoms with Gasteiger partial charge >= 0.3 is 5.97 Å². The second-order valence-corrected chi connectivity index (χ2v) is 14.8. The van der Waals surface area contributed by atoms with Crippen LogP contribution in [-0.4, -0.2) is 89.7 Å². The summed E-state index contributed by atoms with van der Waals surface area (Å²) < 4.78 is 49.7. The highest BCUT2D eigenvalue weighted by molar-refractivity contribution is 7.85. The van der Waals surface area contributed by atoms with Crippen LogP contribution < -0.4 is 19.5 Å². The van der Waals surface area contributed by atoms with Gasteiger partial charge in [0.05, 0.1) is 33.6 Å². The van der Waals surface area contributed by atoms with E-state index >= 15 is 0 Å². The maximum absolute atomic E-state index is 13.9. The molecule has 2 aromatic rings. The number of hydrogen-bond acceptors (Lipinski definition) is 11. The Morgan fingerprint density at radius 1 is 1.00 bits per heavy atom. The number of piperidine rings is 1. The number of hydrogen-bond donors (Lipinski definition) is 1. The zero-order chi connectivity index (χ0) is 37.6. The molecule has 1 N–H and O–H groups in total. The Labute approximate surface area is 301 Å². The molecule has 0 aliphatic carbocycles. The quantitative estimate of drug-likeness (QED) is 0.0879. The minimum atomic E-state index is -3.55. The molecule has 0 aromatic heterocycles. The van der Waals surface area contributed by atoms with Crippen molar-refractivity contribution in [3.63, 3.8) is 0 Å². The van der Waals surface area contributed by atoms with Gasteiger partial charge < -0.3 is 29.2 Å². The molecular formula is C37H52N2O11S. The molecule has 13 nitrogen and oxygen atoms in total. The fraction of sp³-hybridized carbons (Fsp3) is 0.568. The zero-order valence-electron chi connectivity index (χ0n) is 30.5. The maximum Gasteiger partial charge on any atom is 0.329 e. The summed E-state index contributed by atoms with van der Waals surface area (Å²) in [7, 11) is -0.431. The smallest absolute Gasteiger partial charge is 0.329 e. The molecule has 1 aliphatic rings. The zero-order valence-corrected chi connectivity index (χ0v) is 31.3. The molecule has 0 spiro atoms. The molecular weight excluding hydrogens is 680 g/mol. The molecule has 0 saturated carbocycles. The van der Waals surface area contributed by atoms with E-state index in [2.05, 4.69) is 9.50 Å². The predicted molar refractivity (Wildman–Crippen MR) is 190 cm³/mol. The monoisotopic (exact) mass is 732 g/mol. The number of carbonyl (C=O) groups is 4. The van der Waals surface area contributed by atoms with E-state index in [0.717, 1.165) is 18.2 Å². The first-order valence-corrected chi connectivity index (χ1v) is 19.1. The lowest BCUT2D eigenvalue weighted by atomic mass is 9.84. The molecule has 2 aromatic carbocycles. The van der Waals surface area contributed by atoms with Gasteiger partial charge in [0.15, 0.2) is 11.5 Å². The number of nitrogens with one attached hydrogen (secondary N) is 1. The fourth-order valence-corrected chi connectivity index (χ4v) is 5.96. The summed E-state index contributed by atoms with van der Waals surface area (Å²) in [4.78, 5) is 53.9. The summed E-state index contributed by atoms with van der Waals surface area (Å²) >= 11 is 0. The van der Waals surface area contributed by atoms with Gasteiger partial charge in [0.2, 0.25) is 11.7 Å². The highest BCUT2D eigenvalue weighted by atomic mass is 32.2. The van der Waals surface area contributed by atoms with Gasteiger partial charge in [-0.2, -0.15) is 8.42 Å². The van der Waals surface area contributed by atoms with Crippen LogP contribution in [0.2, 0.25) is 0 Å². The van der Waals surface area contributed by atoms with Gasteiger partial charge in [-0.3, -0.25) is 18.6 Å². The number of carbonyl (C=O) groups excluding carboxylic acids is 4. The Balaban J connectivity index is 1.74. The Morgan fingerprint density at radius 3 is 2.43 bits per heavy atom. The topological polar surface area (TPSA) is 164 Å². The van der Waals surface area contributed by atoms with Crippen LogP contribution in [0, 0.1) is 5.41 Å². The lowest BCUT2D eigenvalue weighted by molar-refractivity contribution is -0.164. The van der Waals surface area contributed by atoms with Crippen LogP contribution >= 0.6 is 0 Å². The van der Waals surface area contributed by atoms with E-state index in [1.54, 1.807) is 46.3 Å². The SMILES string of the molecule is CCC(C)(C)C(=O)C(=O)N1CCCC[C@H]1C(=O)O[C@H](CCc1ccc(OC)c(OC)c1)c1cccc(OCCNC(=O)CCCOS(C)(=O)=O)c1. The minimum absolute atomic E-state index is 0.0719. The van der Waals surface area contributed by atoms with E-state index in [0.29, 0.717) is 61.5 Å². The van der Waals surface area contributed by atoms with Gasteiger partial charge in [-0.05, 0) is 80.3 Å². The molecule has 1 fully saturated rings. The lowest BCUT2D eigenvalue weighted by Gasteiger charge is -2.36. The summed E-state index contributed by atoms with van der Waals surface area (Å²) in [5, 5.41) is 2.73. The first kappa shape index (κ1) is 41.3. The number of likely N-dealkylation sites (tertiary alicyclic amines) is 1. The van der Waals surface area contributed by atoms with E-state index in [1.165, 1.54) is 4.90 Å². The third kappa shape index (κ3) is 12.8. The number of methoxy groups -OCH3 is 2. The Hall–Kier alpha value is -4.17. The van der Waals surface area contributed by atoms with Crippen LogP contribution in [0.3, 0.4) is 0 Å². The summed E-state index contributed by atoms with van der Waals surface area (Å²) in [5.74, 6) is -0.345. The number of ether oxygens (including phenoxy) is 4. The van der Waals surface area contributed by atoms with Crippen molar-refractivity contribution in [3.05, 3.63) is 53.6 Å². The Morgan fingerprint density at radius 2 is 1.75 bits per heavy atom. The van der Waals surface area contributed by atoms with Gasteiger partial charge in [-0.1, -0.05) is 39.0 Å². The highest BCUT2D eigenvalue weighted by Gasteiger charge is 2.41. The summed E-state index contributed by atoms with van der Waals surface area (Å²) in [6.45, 7) is 5.92. The van der Waals surface area contributed by atoms with Crippen LogP contribution in [0.25, 0.3) is 0 Å². The minimum Gasteiger partial charge on any atom is -0.493 e. The summed E-state index contributed by atoms with van der Waals surface area (Å²) in [6, 6.07) is 11.8. The summed E-state index contributed by atoms with van der Waals surface area (Å²) in [6.07, 6.45) is 3.80. The van der Waals surface area contributed by atoms with Crippen molar-refractivity contribution in [1.82, 2.24) is 10.2 Å². The number of rotatable bonds is 20. The van der Waals surface area contributed by atoms with E-state index in [9.17, 15) is 27.6 Å². The number of esters is 1. The second kappa shape index (κ2) is 19.4. The van der Waals surface area contributed by atoms with Gasteiger partial charge in [0, 0.05) is 18.4 Å². The molecule has 3 rings (SSSR count). The van der Waals surface area contributed by atoms with Crippen molar-refractivity contribution in [3.8, 4) is 17.2 Å². The largest absolute Gasteiger partial charge is 0.493 e. The van der Waals surface area contributed by atoms with E-state index in [-0.39, 0.29) is 38.5 Å². The van der Waals surface area contributed by atoms with Crippen LogP contribution in [0.5, 0.6) is 17.2 Å². The highest BCUT2D eigenvalue weighted by Crippen LogP contribution is 2.32. The van der Waals surface area contributed by atoms with Crippen molar-refractivity contribution in [2.75, 3.05) is 46.8 Å². The van der Waals surface area contributed by atoms with Crippen molar-refractivity contribution >= 4 is 33.7 Å². The normalized spacial score (nSPS) is 15.4. The van der Waals surface area contributed by atoms with Crippen LogP contribution in [0.4, 0.5) is 0 Å². The first-order valence-electron chi connectivity index (χ1n) is 17.3. The molecule has 2 amide bonds. The number of amides is 2. The molecule has 0 radical (unpaired) electrons. The number of nitrogens with zero attached hydrogens (tertiary/aromatic N) is 1. The van der Waals surface area contributed by atoms with Crippen molar-refractivity contribution in [2.24, 2.45) is 5.41 Å². The molecule has 51 heavy (non-hydrogen) atoms. The third-order valence-electron chi connectivity index (χ3n) is 8.90. The Kier molecular flexibility index (Phi) is 15.7. The third-order valence-corrected chi connectivity index (χ3v) is 9.49. The van der Waals surface area contributed by atoms with E-state index in [4.69, 9.17) is 18.9 Å². The standard InChI is InChI=1S/C37H52N2O11S/c1-7-37(2,3)34(41)35(42)39-21-9-8-14-29(39)36(43)50-30(18-16-26-17-19-31(46-4)32(24-26)47-5)27-12-10-13-28(25-27)48-23-20-38-33(40)15-11-22-49-51(6,44)45/h10,12-13,17,19,24-25,29-30H,7-9,11,14-16,18,20-23H2,1-6H3,(H,38,40)/t29-,30+/m0/s1. The van der Waals surface area contributed by atoms with E-state index < -0.39 is 45.3 Å². The lowest BCUT2D eigenvalue weighted by Crippen LogP contribution is -2.53. The molecule has 14 heteroatoms. The average molecular weight is 733 g/mol. The number of ketones is 1. The molecule has 282 valence electrons. The molecule has 2 atom stereocenters. The van der Waals surface area contributed by atoms with Crippen LogP contribution in [-0.2, 0) is 44.6 Å². The molecule has 1 aliphatic heterocycles. The van der Waals surface area contributed by atoms with Crippen LogP contribution in [0.1, 0.15) is 82.9 Å². The van der Waals surface area contributed by atoms with Crippen LogP contribution in [0.15, 0.2) is 42.5 Å². The number of benzene rings is 2. The number of aryl methyl sites for hydroxylation is 1. The fourth-order valence-electron chi connectivity index (χ4n) is 5.54. The molecule has 1 saturated heterocycles. The van der Waals surface area contributed by atoms with Crippen molar-refractivity contribution < 1.29 is 50.7 Å². The van der Waals surface area contributed by atoms with Gasteiger partial charge in [-0.25, -0.2) is 4.79 Å². The Bertz CT molecular complexity index is 1610. The van der Waals surface area contributed by atoms with Gasteiger partial charge in [0.25, 0.3) is 16.0 Å². The van der Waals surface area contributed by atoms with Gasteiger partial charge in [-0.15, -0.1) is 0 Å². The van der Waals surface area contributed by atoms with Crippen molar-refractivity contribution in [1.29, 1.82) is 0 Å². The predicted octanol–water partition coefficient (Wildman–Crippen LogP) is 4.56. The van der Waals surface area contributed by atoms with Crippen molar-refractivity contribution in [2.45, 2.75) is 84.3 Å². The van der Waals surface area contributed by atoms with E-state index in [1.807, 2.05) is 31.2 Å². The maximum atomic E-state index is 13.9. The van der Waals surface area contributed by atoms with Gasteiger partial charge in [0.1, 0.15) is 24.5 Å². The molecule has 0 bridgehead atoms. The first-order chi connectivity index (χ1) is 24.2. The number of Topliss-reactive ketones (excluding diaryl/α,β-unsaturated/α-hetero) is 1. The molecule has 0 unspecified atom stereocenters. The molecule has 1 heterocycles.